The van der Waals surface area contributed by atoms with E-state index in [1.807, 2.05) is 31.2 Å². The van der Waals surface area contributed by atoms with Crippen LogP contribution in [-0.4, -0.2) is 11.1 Å². The SMILES string of the molecule is Cc1cccc(Nc2ccc(Cl)cc2C(=O)O)c1. The number of anilines is 2. The molecular formula is C14H12ClNO2. The lowest BCUT2D eigenvalue weighted by molar-refractivity contribution is 0.0698. The molecular weight excluding hydrogens is 250 g/mol. The van der Waals surface area contributed by atoms with Crippen molar-refractivity contribution >= 4 is 28.9 Å². The van der Waals surface area contributed by atoms with Gasteiger partial charge in [-0.3, -0.25) is 0 Å². The Labute approximate surface area is 110 Å². The van der Waals surface area contributed by atoms with Gasteiger partial charge < -0.3 is 10.4 Å². The second-order valence-electron chi connectivity index (χ2n) is 3.99. The summed E-state index contributed by atoms with van der Waals surface area (Å²) < 4.78 is 0. The highest BCUT2D eigenvalue weighted by atomic mass is 35.5. The quantitative estimate of drug-likeness (QED) is 0.875. The molecule has 3 nitrogen and oxygen atoms in total. The number of aromatic carboxylic acids is 1. The van der Waals surface area contributed by atoms with E-state index in [1.54, 1.807) is 12.1 Å². The third-order valence-electron chi connectivity index (χ3n) is 2.51. The zero-order chi connectivity index (χ0) is 13.1. The third-order valence-corrected chi connectivity index (χ3v) is 2.74. The first-order chi connectivity index (χ1) is 8.56. The second-order valence-corrected chi connectivity index (χ2v) is 4.43. The van der Waals surface area contributed by atoms with Crippen LogP contribution in [0.3, 0.4) is 0 Å². The van der Waals surface area contributed by atoms with E-state index in [9.17, 15) is 4.79 Å². The molecule has 0 aliphatic carbocycles. The van der Waals surface area contributed by atoms with Crippen molar-refractivity contribution in [3.05, 3.63) is 58.6 Å². The molecule has 0 aliphatic rings. The van der Waals surface area contributed by atoms with E-state index in [4.69, 9.17) is 16.7 Å². The molecule has 0 atom stereocenters. The van der Waals surface area contributed by atoms with Crippen LogP contribution >= 0.6 is 11.6 Å². The van der Waals surface area contributed by atoms with Gasteiger partial charge in [-0.15, -0.1) is 0 Å². The summed E-state index contributed by atoms with van der Waals surface area (Å²) in [4.78, 5) is 11.1. The molecule has 2 rings (SSSR count). The number of benzene rings is 2. The molecule has 2 N–H and O–H groups in total. The Morgan fingerprint density at radius 3 is 2.67 bits per heavy atom. The molecule has 2 aromatic rings. The van der Waals surface area contributed by atoms with Crippen molar-refractivity contribution in [1.29, 1.82) is 0 Å². The van der Waals surface area contributed by atoms with Crippen molar-refractivity contribution in [3.8, 4) is 0 Å². The first kappa shape index (κ1) is 12.5. The van der Waals surface area contributed by atoms with Crippen molar-refractivity contribution in [1.82, 2.24) is 0 Å². The number of carbonyl (C=O) groups is 1. The summed E-state index contributed by atoms with van der Waals surface area (Å²) in [7, 11) is 0. The molecule has 2 aromatic carbocycles. The predicted octanol–water partition coefficient (Wildman–Crippen LogP) is 4.09. The Hall–Kier alpha value is -2.00. The van der Waals surface area contributed by atoms with E-state index >= 15 is 0 Å². The van der Waals surface area contributed by atoms with Gasteiger partial charge in [0, 0.05) is 10.7 Å². The van der Waals surface area contributed by atoms with Gasteiger partial charge in [-0.2, -0.15) is 0 Å². The summed E-state index contributed by atoms with van der Waals surface area (Å²) in [6.07, 6.45) is 0. The summed E-state index contributed by atoms with van der Waals surface area (Å²) in [5.41, 5.74) is 2.63. The molecule has 0 unspecified atom stereocenters. The fourth-order valence-corrected chi connectivity index (χ4v) is 1.85. The molecule has 0 spiro atoms. The average molecular weight is 262 g/mol. The molecule has 4 heteroatoms. The maximum atomic E-state index is 11.1. The number of hydrogen-bond acceptors (Lipinski definition) is 2. The van der Waals surface area contributed by atoms with Crippen molar-refractivity contribution in [2.75, 3.05) is 5.32 Å². The van der Waals surface area contributed by atoms with Crippen molar-refractivity contribution < 1.29 is 9.90 Å². The molecule has 0 amide bonds. The van der Waals surface area contributed by atoms with Crippen molar-refractivity contribution in [2.45, 2.75) is 6.92 Å². The van der Waals surface area contributed by atoms with Gasteiger partial charge in [0.15, 0.2) is 0 Å². The van der Waals surface area contributed by atoms with Crippen molar-refractivity contribution in [3.63, 3.8) is 0 Å². The molecule has 0 aromatic heterocycles. The van der Waals surface area contributed by atoms with Gasteiger partial charge in [-0.25, -0.2) is 4.79 Å². The highest BCUT2D eigenvalue weighted by molar-refractivity contribution is 6.31. The highest BCUT2D eigenvalue weighted by Crippen LogP contribution is 2.24. The number of carboxylic acid groups (broad SMARTS) is 1. The van der Waals surface area contributed by atoms with Crippen LogP contribution in [0.2, 0.25) is 5.02 Å². The highest BCUT2D eigenvalue weighted by Gasteiger charge is 2.10. The van der Waals surface area contributed by atoms with E-state index in [0.29, 0.717) is 10.7 Å². The molecule has 0 saturated heterocycles. The van der Waals surface area contributed by atoms with Gasteiger partial charge in [-0.1, -0.05) is 23.7 Å². The Bertz CT molecular complexity index is 596. The molecule has 0 heterocycles. The molecule has 18 heavy (non-hydrogen) atoms. The largest absolute Gasteiger partial charge is 0.478 e. The number of hydrogen-bond donors (Lipinski definition) is 2. The minimum absolute atomic E-state index is 0.156. The summed E-state index contributed by atoms with van der Waals surface area (Å²) >= 11 is 5.80. The average Bonchev–Trinajstić information content (AvgIpc) is 2.31. The summed E-state index contributed by atoms with van der Waals surface area (Å²) in [5.74, 6) is -1.01. The maximum absolute atomic E-state index is 11.1. The first-order valence-corrected chi connectivity index (χ1v) is 5.80. The standard InChI is InChI=1S/C14H12ClNO2/c1-9-3-2-4-11(7-9)16-13-6-5-10(15)8-12(13)14(17)18/h2-8,16H,1H3,(H,17,18). The van der Waals surface area contributed by atoms with Gasteiger partial charge in [0.1, 0.15) is 0 Å². The Balaban J connectivity index is 2.37. The van der Waals surface area contributed by atoms with E-state index in [-0.39, 0.29) is 5.56 Å². The van der Waals surface area contributed by atoms with Gasteiger partial charge in [0.2, 0.25) is 0 Å². The molecule has 0 saturated carbocycles. The molecule has 0 radical (unpaired) electrons. The van der Waals surface area contributed by atoms with E-state index < -0.39 is 5.97 Å². The van der Waals surface area contributed by atoms with E-state index in [0.717, 1.165) is 11.3 Å². The molecule has 0 fully saturated rings. The topological polar surface area (TPSA) is 49.3 Å². The lowest BCUT2D eigenvalue weighted by Gasteiger charge is -2.10. The summed E-state index contributed by atoms with van der Waals surface area (Å²) in [6, 6.07) is 12.5. The normalized spacial score (nSPS) is 10.1. The van der Waals surface area contributed by atoms with Crippen LogP contribution in [-0.2, 0) is 0 Å². The van der Waals surface area contributed by atoms with Gasteiger partial charge in [0.25, 0.3) is 0 Å². The van der Waals surface area contributed by atoms with Crippen LogP contribution in [0.15, 0.2) is 42.5 Å². The minimum Gasteiger partial charge on any atom is -0.478 e. The van der Waals surface area contributed by atoms with Gasteiger partial charge in [0.05, 0.1) is 11.3 Å². The zero-order valence-corrected chi connectivity index (χ0v) is 10.5. The number of halogens is 1. The summed E-state index contributed by atoms with van der Waals surface area (Å²) in [5, 5.41) is 12.6. The van der Waals surface area contributed by atoms with E-state index in [2.05, 4.69) is 5.32 Å². The van der Waals surface area contributed by atoms with Crippen molar-refractivity contribution in [2.24, 2.45) is 0 Å². The van der Waals surface area contributed by atoms with Gasteiger partial charge in [-0.05, 0) is 42.8 Å². The fraction of sp³-hybridized carbons (Fsp3) is 0.0714. The molecule has 0 aliphatic heterocycles. The lowest BCUT2D eigenvalue weighted by atomic mass is 10.1. The van der Waals surface area contributed by atoms with Gasteiger partial charge >= 0.3 is 5.97 Å². The Morgan fingerprint density at radius 1 is 1.22 bits per heavy atom. The minimum atomic E-state index is -1.01. The van der Waals surface area contributed by atoms with Crippen LogP contribution in [0.25, 0.3) is 0 Å². The fourth-order valence-electron chi connectivity index (χ4n) is 1.68. The molecule has 92 valence electrons. The third kappa shape index (κ3) is 2.81. The van der Waals surface area contributed by atoms with E-state index in [1.165, 1.54) is 6.07 Å². The number of aryl methyl sites for hydroxylation is 1. The first-order valence-electron chi connectivity index (χ1n) is 5.43. The number of carboxylic acids is 1. The smallest absolute Gasteiger partial charge is 0.337 e. The summed E-state index contributed by atoms with van der Waals surface area (Å²) in [6.45, 7) is 1.98. The molecule has 0 bridgehead atoms. The number of nitrogens with one attached hydrogen (secondary N) is 1. The van der Waals surface area contributed by atoms with Crippen LogP contribution in [0.5, 0.6) is 0 Å². The Morgan fingerprint density at radius 2 is 2.00 bits per heavy atom. The number of rotatable bonds is 3. The monoisotopic (exact) mass is 261 g/mol. The maximum Gasteiger partial charge on any atom is 0.337 e. The second kappa shape index (κ2) is 5.10. The lowest BCUT2D eigenvalue weighted by Crippen LogP contribution is -2.02. The van der Waals surface area contributed by atoms with Crippen LogP contribution < -0.4 is 5.32 Å². The predicted molar refractivity (Wildman–Crippen MR) is 72.9 cm³/mol. The zero-order valence-electron chi connectivity index (χ0n) is 9.77. The Kier molecular flexibility index (Phi) is 3.53. The van der Waals surface area contributed by atoms with Crippen LogP contribution in [0.1, 0.15) is 15.9 Å². The van der Waals surface area contributed by atoms with Crippen LogP contribution in [0.4, 0.5) is 11.4 Å². The van der Waals surface area contributed by atoms with Crippen LogP contribution in [0, 0.1) is 6.92 Å².